The molecule has 7 nitrogen and oxygen atoms in total. The fraction of sp³-hybridized carbons (Fsp3) is 0.286. The first-order valence-electron chi connectivity index (χ1n) is 11.7. The van der Waals surface area contributed by atoms with E-state index in [1.54, 1.807) is 38.1 Å². The van der Waals surface area contributed by atoms with Crippen molar-refractivity contribution in [3.05, 3.63) is 84.4 Å². The number of carbonyl (C=O) groups excluding carboxylic acids is 1. The lowest BCUT2D eigenvalue weighted by molar-refractivity contribution is -0.139. The Morgan fingerprint density at radius 3 is 1.97 bits per heavy atom. The number of aldehydes is 1. The molecular weight excluding hydrogens is 478 g/mol. The summed E-state index contributed by atoms with van der Waals surface area (Å²) >= 11 is -2.49. The number of ether oxygens (including phenoxy) is 1. The van der Waals surface area contributed by atoms with Gasteiger partial charge in [-0.2, -0.15) is 0 Å². The van der Waals surface area contributed by atoms with Crippen molar-refractivity contribution in [2.45, 2.75) is 39.3 Å². The maximum absolute atomic E-state index is 12.0. The molecule has 3 aromatic rings. The van der Waals surface area contributed by atoms with Crippen LogP contribution in [0.4, 0.5) is 5.69 Å². The molecule has 8 heteroatoms. The number of anilines is 1. The Bertz CT molecular complexity index is 1160. The van der Waals surface area contributed by atoms with Crippen LogP contribution in [-0.4, -0.2) is 32.2 Å². The van der Waals surface area contributed by atoms with Crippen molar-refractivity contribution in [1.82, 2.24) is 0 Å². The van der Waals surface area contributed by atoms with Crippen LogP contribution in [0.15, 0.2) is 78.9 Å². The molecule has 0 saturated carbocycles. The highest BCUT2D eigenvalue weighted by atomic mass is 32.2. The number of hydrogen-bond acceptors (Lipinski definition) is 4. The van der Waals surface area contributed by atoms with Gasteiger partial charge in [-0.25, -0.2) is 9.00 Å². The number of nitrogens with zero attached hydrogens (tertiary/aromatic N) is 1. The van der Waals surface area contributed by atoms with Gasteiger partial charge in [0.2, 0.25) is 0 Å². The van der Waals surface area contributed by atoms with Crippen LogP contribution in [0.25, 0.3) is 11.1 Å². The van der Waals surface area contributed by atoms with Gasteiger partial charge in [0.15, 0.2) is 0 Å². The van der Waals surface area contributed by atoms with Crippen molar-refractivity contribution in [1.29, 1.82) is 0 Å². The maximum atomic E-state index is 12.0. The minimum atomic E-state index is -2.49. The molecule has 0 aliphatic carbocycles. The molecule has 0 radical (unpaired) electrons. The molecule has 3 aromatic carbocycles. The number of rotatable bonds is 12. The number of carboxylic acid groups (broad SMARTS) is 1. The highest BCUT2D eigenvalue weighted by Crippen LogP contribution is 2.31. The summed E-state index contributed by atoms with van der Waals surface area (Å²) in [5, 5.41) is 9.57. The van der Waals surface area contributed by atoms with Crippen LogP contribution in [0, 0.1) is 11.8 Å². The Labute approximate surface area is 214 Å². The highest BCUT2D eigenvalue weighted by molar-refractivity contribution is 7.80. The summed E-state index contributed by atoms with van der Waals surface area (Å²) in [6, 6.07) is 23.0. The summed E-state index contributed by atoms with van der Waals surface area (Å²) in [5.41, 5.74) is 3.07. The topological polar surface area (TPSA) is 104 Å². The number of hydrogen-bond donors (Lipinski definition) is 2. The largest absolute Gasteiger partial charge is 0.486 e. The molecule has 0 amide bonds. The van der Waals surface area contributed by atoms with E-state index in [-0.39, 0.29) is 17.9 Å². The molecule has 4 atom stereocenters. The van der Waals surface area contributed by atoms with Crippen molar-refractivity contribution in [2.24, 2.45) is 11.8 Å². The van der Waals surface area contributed by atoms with Gasteiger partial charge >= 0.3 is 5.97 Å². The van der Waals surface area contributed by atoms with Gasteiger partial charge in [-0.3, -0.25) is 8.86 Å². The third-order valence-electron chi connectivity index (χ3n) is 5.88. The van der Waals surface area contributed by atoms with Gasteiger partial charge in [0, 0.05) is 5.92 Å². The van der Waals surface area contributed by atoms with Gasteiger partial charge in [0.1, 0.15) is 24.2 Å². The lowest BCUT2D eigenvalue weighted by atomic mass is 9.96. The molecule has 3 rings (SSSR count). The Morgan fingerprint density at radius 1 is 0.944 bits per heavy atom. The van der Waals surface area contributed by atoms with Crippen LogP contribution >= 0.6 is 0 Å². The molecule has 0 aliphatic rings. The predicted molar refractivity (Wildman–Crippen MR) is 141 cm³/mol. The third kappa shape index (κ3) is 6.80. The second-order valence-corrected chi connectivity index (χ2v) is 9.88. The minimum absolute atomic E-state index is 0.161. The molecule has 2 N–H and O–H groups in total. The summed E-state index contributed by atoms with van der Waals surface area (Å²) in [6.07, 6.45) is 1.18. The molecule has 0 aliphatic heterocycles. The van der Waals surface area contributed by atoms with Gasteiger partial charge in [-0.15, -0.1) is 0 Å². The van der Waals surface area contributed by atoms with Crippen LogP contribution in [0.5, 0.6) is 5.75 Å². The lowest BCUT2D eigenvalue weighted by Crippen LogP contribution is -2.45. The van der Waals surface area contributed by atoms with Gasteiger partial charge < -0.3 is 14.6 Å². The third-order valence-corrected chi connectivity index (χ3v) is 6.66. The molecule has 4 unspecified atom stereocenters. The van der Waals surface area contributed by atoms with Crippen LogP contribution in [-0.2, 0) is 20.9 Å². The van der Waals surface area contributed by atoms with Crippen molar-refractivity contribution in [2.75, 3.05) is 4.31 Å². The van der Waals surface area contributed by atoms with E-state index in [4.69, 9.17) is 4.74 Å². The molecule has 0 saturated heterocycles. The molecular formula is C28H31NO6S. The zero-order chi connectivity index (χ0) is 26.2. The van der Waals surface area contributed by atoms with Crippen LogP contribution in [0.1, 0.15) is 38.9 Å². The van der Waals surface area contributed by atoms with E-state index in [0.29, 0.717) is 12.1 Å². The van der Waals surface area contributed by atoms with Crippen LogP contribution in [0.2, 0.25) is 0 Å². The maximum Gasteiger partial charge on any atom is 0.327 e. The van der Waals surface area contributed by atoms with Crippen LogP contribution in [0.3, 0.4) is 0 Å². The van der Waals surface area contributed by atoms with Crippen molar-refractivity contribution in [3.8, 4) is 16.9 Å². The Kier molecular flexibility index (Phi) is 9.38. The quantitative estimate of drug-likeness (QED) is 0.238. The number of para-hydroxylation sites is 1. The zero-order valence-electron chi connectivity index (χ0n) is 20.5. The first kappa shape index (κ1) is 27.1. The van der Waals surface area contributed by atoms with Crippen molar-refractivity contribution < 1.29 is 28.2 Å². The van der Waals surface area contributed by atoms with E-state index in [9.17, 15) is 23.5 Å². The number of carboxylic acids is 1. The van der Waals surface area contributed by atoms with E-state index < -0.39 is 23.3 Å². The summed E-state index contributed by atoms with van der Waals surface area (Å²) in [7, 11) is 0. The first-order chi connectivity index (χ1) is 17.2. The standard InChI is InChI=1S/C28H31NO6S/c1-19(2)27(28(31)32)29(36(33)34)24-15-13-22(14-16-24)21-9-11-23(12-10-21)26(17-20(3)18-30)35-25-7-5-4-6-8-25/h4-16,18-20,26-27H,17H2,1-3H3,(H,31,32)(H,33,34). The van der Waals surface area contributed by atoms with Gasteiger partial charge in [0.25, 0.3) is 11.3 Å². The number of benzene rings is 3. The van der Waals surface area contributed by atoms with Gasteiger partial charge in [0.05, 0.1) is 5.69 Å². The fourth-order valence-corrected chi connectivity index (χ4v) is 4.83. The normalized spacial score (nSPS) is 14.5. The highest BCUT2D eigenvalue weighted by Gasteiger charge is 2.32. The van der Waals surface area contributed by atoms with E-state index >= 15 is 0 Å². The van der Waals surface area contributed by atoms with Gasteiger partial charge in [-0.1, -0.05) is 75.4 Å². The first-order valence-corrected chi connectivity index (χ1v) is 12.8. The molecule has 0 fully saturated rings. The molecule has 0 spiro atoms. The van der Waals surface area contributed by atoms with E-state index in [1.807, 2.05) is 61.5 Å². The molecule has 0 heterocycles. The minimum Gasteiger partial charge on any atom is -0.486 e. The predicted octanol–water partition coefficient (Wildman–Crippen LogP) is 5.75. The van der Waals surface area contributed by atoms with E-state index in [2.05, 4.69) is 0 Å². The number of aliphatic carboxylic acids is 1. The summed E-state index contributed by atoms with van der Waals surface area (Å²) in [6.45, 7) is 5.25. The molecule has 190 valence electrons. The second-order valence-electron chi connectivity index (χ2n) is 9.02. The van der Waals surface area contributed by atoms with Crippen molar-refractivity contribution in [3.63, 3.8) is 0 Å². The Morgan fingerprint density at radius 2 is 1.50 bits per heavy atom. The van der Waals surface area contributed by atoms with E-state index in [1.165, 1.54) is 0 Å². The Balaban J connectivity index is 1.84. The SMILES string of the molecule is CC(C=O)CC(Oc1ccccc1)c1ccc(-c2ccc(N(C(C(=O)O)C(C)C)S(=O)O)cc2)cc1. The Hall–Kier alpha value is -3.49. The van der Waals surface area contributed by atoms with Crippen molar-refractivity contribution >= 4 is 29.2 Å². The van der Waals surface area contributed by atoms with E-state index in [0.717, 1.165) is 33.0 Å². The fourth-order valence-electron chi connectivity index (χ4n) is 4.00. The van der Waals surface area contributed by atoms with Crippen LogP contribution < -0.4 is 9.04 Å². The summed E-state index contributed by atoms with van der Waals surface area (Å²) in [5.74, 6) is -0.972. The molecule has 36 heavy (non-hydrogen) atoms. The summed E-state index contributed by atoms with van der Waals surface area (Å²) in [4.78, 5) is 23.0. The average molecular weight is 510 g/mol. The smallest absolute Gasteiger partial charge is 0.327 e. The zero-order valence-corrected chi connectivity index (χ0v) is 21.3. The second kappa shape index (κ2) is 12.5. The monoisotopic (exact) mass is 509 g/mol. The lowest BCUT2D eigenvalue weighted by Gasteiger charge is -2.29. The number of carbonyl (C=O) groups is 2. The molecule has 0 bridgehead atoms. The summed E-state index contributed by atoms with van der Waals surface area (Å²) < 4.78 is 28.9. The average Bonchev–Trinajstić information content (AvgIpc) is 2.87. The molecule has 0 aromatic heterocycles. The van der Waals surface area contributed by atoms with Gasteiger partial charge in [-0.05, 0) is 53.3 Å².